The molecular weight excluding hydrogens is 416 g/mol. The Morgan fingerprint density at radius 3 is 2.48 bits per heavy atom. The van der Waals surface area contributed by atoms with Gasteiger partial charge < -0.3 is 15.4 Å². The highest BCUT2D eigenvalue weighted by molar-refractivity contribution is 6.01. The van der Waals surface area contributed by atoms with Crippen LogP contribution in [0.25, 0.3) is 0 Å². The Labute approximate surface area is 198 Å². The minimum Gasteiger partial charge on any atom is -0.463 e. The molecule has 1 aromatic heterocycles. The number of amides is 1. The van der Waals surface area contributed by atoms with E-state index in [-0.39, 0.29) is 11.9 Å². The monoisotopic (exact) mass is 458 g/mol. The summed E-state index contributed by atoms with van der Waals surface area (Å²) in [4.78, 5) is 28.5. The van der Waals surface area contributed by atoms with Gasteiger partial charge in [-0.25, -0.2) is 0 Å². The third-order valence-corrected chi connectivity index (χ3v) is 7.46. The predicted octanol–water partition coefficient (Wildman–Crippen LogP) is 3.25. The summed E-state index contributed by atoms with van der Waals surface area (Å²) in [5, 5.41) is 0. The van der Waals surface area contributed by atoms with Gasteiger partial charge in [0, 0.05) is 44.3 Å². The first-order valence-corrected chi connectivity index (χ1v) is 13.2. The molecule has 0 aromatic carbocycles. The normalized spacial score (nSPS) is 20.4. The van der Waals surface area contributed by atoms with Crippen LogP contribution in [-0.2, 0) is 11.2 Å². The standard InChI is InChI=1S/C25H42N6O2/c1-2-3-18-33-25-27-23(26)21-19-22(32)31(24(21)28-25)13-9-5-8-12-29-14-16-30(17-15-29)20-10-6-4-7-11-20/h20H,2-19H2,1H3,(H2,26,27,28). The Balaban J connectivity index is 1.17. The van der Waals surface area contributed by atoms with Gasteiger partial charge in [-0.15, -0.1) is 0 Å². The number of carbonyl (C=O) groups is 1. The SMILES string of the molecule is CCCCOc1nc(N)c2c(n1)N(CCCCCN1CCN(C3CCCCC3)CC1)C(=O)C2. The second-order valence-electron chi connectivity index (χ2n) is 9.85. The molecule has 0 bridgehead atoms. The summed E-state index contributed by atoms with van der Waals surface area (Å²) >= 11 is 0. The van der Waals surface area contributed by atoms with Crippen LogP contribution in [0.15, 0.2) is 0 Å². The molecule has 0 spiro atoms. The van der Waals surface area contributed by atoms with Crippen molar-refractivity contribution in [1.82, 2.24) is 19.8 Å². The number of anilines is 2. The lowest BCUT2D eigenvalue weighted by molar-refractivity contribution is -0.117. The zero-order chi connectivity index (χ0) is 23.0. The van der Waals surface area contributed by atoms with Gasteiger partial charge in [0.2, 0.25) is 5.91 Å². The number of nitrogen functional groups attached to an aromatic ring is 1. The zero-order valence-corrected chi connectivity index (χ0v) is 20.4. The van der Waals surface area contributed by atoms with Crippen LogP contribution in [-0.4, -0.2) is 77.6 Å². The van der Waals surface area contributed by atoms with Gasteiger partial charge >= 0.3 is 6.01 Å². The maximum atomic E-state index is 12.6. The topological polar surface area (TPSA) is 87.8 Å². The molecule has 1 saturated carbocycles. The molecule has 4 rings (SSSR count). The van der Waals surface area contributed by atoms with E-state index in [1.807, 2.05) is 0 Å². The molecule has 33 heavy (non-hydrogen) atoms. The van der Waals surface area contributed by atoms with E-state index in [0.29, 0.717) is 31.2 Å². The fourth-order valence-corrected chi connectivity index (χ4v) is 5.41. The summed E-state index contributed by atoms with van der Waals surface area (Å²) in [5.41, 5.74) is 6.85. The molecule has 1 aromatic rings. The van der Waals surface area contributed by atoms with E-state index in [9.17, 15) is 4.79 Å². The summed E-state index contributed by atoms with van der Waals surface area (Å²) in [5.74, 6) is 1.09. The average molecular weight is 459 g/mol. The third kappa shape index (κ3) is 6.35. The Kier molecular flexibility index (Phi) is 8.78. The van der Waals surface area contributed by atoms with E-state index in [1.165, 1.54) is 64.7 Å². The van der Waals surface area contributed by atoms with Crippen LogP contribution in [0.1, 0.15) is 76.7 Å². The number of rotatable bonds is 11. The number of nitrogens with zero attached hydrogens (tertiary/aromatic N) is 5. The molecule has 0 radical (unpaired) electrons. The van der Waals surface area contributed by atoms with Crippen molar-refractivity contribution in [2.45, 2.75) is 83.6 Å². The summed E-state index contributed by atoms with van der Waals surface area (Å²) in [6, 6.07) is 1.13. The molecule has 1 saturated heterocycles. The van der Waals surface area contributed by atoms with Crippen LogP contribution in [0.2, 0.25) is 0 Å². The Morgan fingerprint density at radius 2 is 1.73 bits per heavy atom. The Bertz CT molecular complexity index is 774. The van der Waals surface area contributed by atoms with Crippen molar-refractivity contribution in [3.8, 4) is 6.01 Å². The van der Waals surface area contributed by atoms with Gasteiger partial charge in [-0.2, -0.15) is 9.97 Å². The Hall–Kier alpha value is -1.93. The van der Waals surface area contributed by atoms with Crippen LogP contribution in [0.3, 0.4) is 0 Å². The summed E-state index contributed by atoms with van der Waals surface area (Å²) in [6.45, 7) is 9.38. The van der Waals surface area contributed by atoms with Crippen molar-refractivity contribution in [3.05, 3.63) is 5.56 Å². The van der Waals surface area contributed by atoms with Gasteiger partial charge in [-0.3, -0.25) is 14.6 Å². The zero-order valence-electron chi connectivity index (χ0n) is 20.4. The maximum absolute atomic E-state index is 12.6. The first-order valence-electron chi connectivity index (χ1n) is 13.2. The number of hydrogen-bond acceptors (Lipinski definition) is 7. The van der Waals surface area contributed by atoms with E-state index in [4.69, 9.17) is 10.5 Å². The maximum Gasteiger partial charge on any atom is 0.320 e. The van der Waals surface area contributed by atoms with E-state index < -0.39 is 0 Å². The minimum absolute atomic E-state index is 0.0653. The fourth-order valence-electron chi connectivity index (χ4n) is 5.41. The number of fused-ring (bicyclic) bond motifs is 1. The van der Waals surface area contributed by atoms with Crippen molar-refractivity contribution >= 4 is 17.5 Å². The third-order valence-electron chi connectivity index (χ3n) is 7.46. The van der Waals surface area contributed by atoms with E-state index >= 15 is 0 Å². The molecule has 184 valence electrons. The van der Waals surface area contributed by atoms with E-state index in [0.717, 1.165) is 43.8 Å². The average Bonchev–Trinajstić information content (AvgIpc) is 3.16. The predicted molar refractivity (Wildman–Crippen MR) is 132 cm³/mol. The highest BCUT2D eigenvalue weighted by Gasteiger charge is 2.32. The fraction of sp³-hybridized carbons (Fsp3) is 0.800. The number of carbonyl (C=O) groups excluding carboxylic acids is 1. The molecule has 2 aliphatic heterocycles. The number of unbranched alkanes of at least 4 members (excludes halogenated alkanes) is 3. The van der Waals surface area contributed by atoms with Gasteiger partial charge in [0.1, 0.15) is 11.6 Å². The van der Waals surface area contributed by atoms with Gasteiger partial charge in [-0.1, -0.05) is 39.0 Å². The van der Waals surface area contributed by atoms with Gasteiger partial charge in [-0.05, 0) is 38.6 Å². The molecule has 1 aliphatic carbocycles. The lowest BCUT2D eigenvalue weighted by atomic mass is 9.94. The van der Waals surface area contributed by atoms with Crippen LogP contribution in [0, 0.1) is 0 Å². The second-order valence-corrected chi connectivity index (χ2v) is 9.85. The molecule has 3 heterocycles. The molecule has 0 unspecified atom stereocenters. The lowest BCUT2D eigenvalue weighted by Gasteiger charge is -2.40. The van der Waals surface area contributed by atoms with Crippen molar-refractivity contribution in [3.63, 3.8) is 0 Å². The van der Waals surface area contributed by atoms with Gasteiger partial charge in [0.15, 0.2) is 0 Å². The molecular formula is C25H42N6O2. The number of aromatic nitrogens is 2. The van der Waals surface area contributed by atoms with Crippen molar-refractivity contribution in [2.24, 2.45) is 0 Å². The number of nitrogens with two attached hydrogens (primary N) is 1. The van der Waals surface area contributed by atoms with E-state index in [2.05, 4.69) is 26.7 Å². The number of piperazine rings is 1. The van der Waals surface area contributed by atoms with Crippen molar-refractivity contribution < 1.29 is 9.53 Å². The lowest BCUT2D eigenvalue weighted by Crippen LogP contribution is -2.50. The molecule has 3 aliphatic rings. The molecule has 8 heteroatoms. The quantitative estimate of drug-likeness (QED) is 0.509. The first kappa shape index (κ1) is 24.2. The Morgan fingerprint density at radius 1 is 0.970 bits per heavy atom. The first-order chi connectivity index (χ1) is 16.2. The second kappa shape index (κ2) is 12.0. The van der Waals surface area contributed by atoms with Gasteiger partial charge in [0.05, 0.1) is 13.0 Å². The highest BCUT2D eigenvalue weighted by Crippen LogP contribution is 2.32. The molecule has 1 amide bonds. The minimum atomic E-state index is 0.0653. The molecule has 2 fully saturated rings. The van der Waals surface area contributed by atoms with Crippen LogP contribution in [0.4, 0.5) is 11.6 Å². The van der Waals surface area contributed by atoms with Crippen molar-refractivity contribution in [1.29, 1.82) is 0 Å². The summed E-state index contributed by atoms with van der Waals surface area (Å²) in [6.07, 6.45) is 12.6. The summed E-state index contributed by atoms with van der Waals surface area (Å²) < 4.78 is 5.64. The number of ether oxygens (including phenoxy) is 1. The van der Waals surface area contributed by atoms with Crippen LogP contribution >= 0.6 is 0 Å². The summed E-state index contributed by atoms with van der Waals surface area (Å²) in [7, 11) is 0. The van der Waals surface area contributed by atoms with Crippen LogP contribution < -0.4 is 15.4 Å². The molecule has 8 nitrogen and oxygen atoms in total. The molecule has 2 N–H and O–H groups in total. The van der Waals surface area contributed by atoms with Crippen molar-refractivity contribution in [2.75, 3.05) is 56.5 Å². The highest BCUT2D eigenvalue weighted by atomic mass is 16.5. The molecule has 0 atom stereocenters. The smallest absolute Gasteiger partial charge is 0.320 e. The van der Waals surface area contributed by atoms with E-state index in [1.54, 1.807) is 4.90 Å². The van der Waals surface area contributed by atoms with Gasteiger partial charge in [0.25, 0.3) is 0 Å². The largest absolute Gasteiger partial charge is 0.463 e. The number of hydrogen-bond donors (Lipinski definition) is 1. The van der Waals surface area contributed by atoms with Crippen LogP contribution in [0.5, 0.6) is 6.01 Å².